The Labute approximate surface area is 166 Å². The molecule has 0 saturated carbocycles. The second-order valence-electron chi connectivity index (χ2n) is 6.97. The molecular weight excluding hydrogens is 350 g/mol. The minimum Gasteiger partial charge on any atom is -0.350 e. The highest BCUT2D eigenvalue weighted by Gasteiger charge is 2.26. The summed E-state index contributed by atoms with van der Waals surface area (Å²) in [5.41, 5.74) is 4.47. The third kappa shape index (κ3) is 3.84. The molecule has 2 aromatic rings. The quantitative estimate of drug-likeness (QED) is 0.801. The highest BCUT2D eigenvalue weighted by atomic mass is 16.2. The Bertz CT molecular complexity index is 877. The molecule has 2 heterocycles. The molecule has 1 saturated heterocycles. The molecule has 0 N–H and O–H groups in total. The number of benzene rings is 1. The molecule has 1 aromatic heterocycles. The summed E-state index contributed by atoms with van der Waals surface area (Å²) >= 11 is 0. The van der Waals surface area contributed by atoms with Crippen LogP contribution in [0.25, 0.3) is 0 Å². The van der Waals surface area contributed by atoms with Gasteiger partial charge in [0.1, 0.15) is 11.6 Å². The van der Waals surface area contributed by atoms with Crippen molar-refractivity contribution < 1.29 is 4.79 Å². The van der Waals surface area contributed by atoms with Crippen molar-refractivity contribution in [3.8, 4) is 6.07 Å². The summed E-state index contributed by atoms with van der Waals surface area (Å²) < 4.78 is 0. The molecule has 3 rings (SSSR count). The zero-order chi connectivity index (χ0) is 20.1. The molecule has 1 aliphatic rings. The first-order valence-electron chi connectivity index (χ1n) is 10.0. The highest BCUT2D eigenvalue weighted by molar-refractivity contribution is 5.94. The van der Waals surface area contributed by atoms with Gasteiger partial charge in [0.2, 0.25) is 0 Å². The lowest BCUT2D eigenvalue weighted by Gasteiger charge is -2.35. The van der Waals surface area contributed by atoms with Crippen molar-refractivity contribution in [1.82, 2.24) is 15.1 Å². The number of hydrogen-bond acceptors (Lipinski definition) is 5. The molecule has 6 nitrogen and oxygen atoms in total. The SMILES string of the molecule is CCc1ccc(C(=O)N2CCN(c3nnc(CC)c(CC)c3C#N)CC2)cc1. The van der Waals surface area contributed by atoms with Crippen LogP contribution in [-0.4, -0.2) is 47.2 Å². The maximum absolute atomic E-state index is 12.8. The molecule has 1 fully saturated rings. The van der Waals surface area contributed by atoms with E-state index in [1.807, 2.05) is 43.0 Å². The van der Waals surface area contributed by atoms with Crippen molar-refractivity contribution >= 4 is 11.7 Å². The standard InChI is InChI=1S/C22H27N5O/c1-4-16-7-9-17(10-8-16)22(28)27-13-11-26(12-14-27)21-19(15-23)18(5-2)20(6-3)24-25-21/h7-10H,4-6,11-14H2,1-3H3. The summed E-state index contributed by atoms with van der Waals surface area (Å²) in [5.74, 6) is 0.709. The average molecular weight is 377 g/mol. The number of piperazine rings is 1. The van der Waals surface area contributed by atoms with Crippen LogP contribution in [0.4, 0.5) is 5.82 Å². The van der Waals surface area contributed by atoms with Gasteiger partial charge in [-0.15, -0.1) is 5.10 Å². The van der Waals surface area contributed by atoms with E-state index in [9.17, 15) is 10.1 Å². The molecule has 0 unspecified atom stereocenters. The normalized spacial score (nSPS) is 14.1. The Morgan fingerprint density at radius 1 is 1.00 bits per heavy atom. The van der Waals surface area contributed by atoms with Gasteiger partial charge in [-0.3, -0.25) is 4.79 Å². The summed E-state index contributed by atoms with van der Waals surface area (Å²) in [7, 11) is 0. The summed E-state index contributed by atoms with van der Waals surface area (Å²) in [4.78, 5) is 16.7. The van der Waals surface area contributed by atoms with E-state index in [4.69, 9.17) is 0 Å². The predicted octanol–water partition coefficient (Wildman–Crippen LogP) is 3.00. The van der Waals surface area contributed by atoms with Crippen LogP contribution < -0.4 is 4.90 Å². The van der Waals surface area contributed by atoms with Crippen LogP contribution in [0.1, 0.15) is 53.5 Å². The third-order valence-electron chi connectivity index (χ3n) is 5.41. The minimum atomic E-state index is 0.0597. The van der Waals surface area contributed by atoms with E-state index in [1.165, 1.54) is 5.56 Å². The maximum Gasteiger partial charge on any atom is 0.253 e. The van der Waals surface area contributed by atoms with Crippen LogP contribution >= 0.6 is 0 Å². The predicted molar refractivity (Wildman–Crippen MR) is 109 cm³/mol. The van der Waals surface area contributed by atoms with Crippen LogP contribution in [0.2, 0.25) is 0 Å². The number of rotatable bonds is 5. The number of aromatic nitrogens is 2. The van der Waals surface area contributed by atoms with Crippen LogP contribution in [0.3, 0.4) is 0 Å². The molecule has 1 aromatic carbocycles. The average Bonchev–Trinajstić information content (AvgIpc) is 2.77. The van der Waals surface area contributed by atoms with Crippen LogP contribution in [0, 0.1) is 11.3 Å². The van der Waals surface area contributed by atoms with Gasteiger partial charge in [-0.1, -0.05) is 32.9 Å². The monoisotopic (exact) mass is 377 g/mol. The number of carbonyl (C=O) groups is 1. The van der Waals surface area contributed by atoms with Gasteiger partial charge < -0.3 is 9.80 Å². The number of hydrogen-bond donors (Lipinski definition) is 0. The Morgan fingerprint density at radius 2 is 1.68 bits per heavy atom. The molecule has 28 heavy (non-hydrogen) atoms. The summed E-state index contributed by atoms with van der Waals surface area (Å²) in [6.45, 7) is 8.69. The lowest BCUT2D eigenvalue weighted by Crippen LogP contribution is -2.49. The molecule has 1 aliphatic heterocycles. The van der Waals surface area contributed by atoms with E-state index >= 15 is 0 Å². The van der Waals surface area contributed by atoms with Gasteiger partial charge >= 0.3 is 0 Å². The van der Waals surface area contributed by atoms with Crippen molar-refractivity contribution in [2.75, 3.05) is 31.1 Å². The Balaban J connectivity index is 1.73. The summed E-state index contributed by atoms with van der Waals surface area (Å²) in [5, 5.41) is 18.4. The number of anilines is 1. The van der Waals surface area contributed by atoms with Gasteiger partial charge in [-0.25, -0.2) is 0 Å². The smallest absolute Gasteiger partial charge is 0.253 e. The van der Waals surface area contributed by atoms with Crippen molar-refractivity contribution in [2.45, 2.75) is 40.0 Å². The fourth-order valence-electron chi connectivity index (χ4n) is 3.69. The second-order valence-corrected chi connectivity index (χ2v) is 6.97. The van der Waals surface area contributed by atoms with Crippen molar-refractivity contribution in [2.24, 2.45) is 0 Å². The number of amides is 1. The van der Waals surface area contributed by atoms with Crippen molar-refractivity contribution in [1.29, 1.82) is 5.26 Å². The highest BCUT2D eigenvalue weighted by Crippen LogP contribution is 2.24. The van der Waals surface area contributed by atoms with Crippen LogP contribution in [0.5, 0.6) is 0 Å². The number of nitriles is 1. The zero-order valence-corrected chi connectivity index (χ0v) is 16.9. The lowest BCUT2D eigenvalue weighted by atomic mass is 10.0. The molecule has 6 heteroatoms. The van der Waals surface area contributed by atoms with E-state index in [1.54, 1.807) is 0 Å². The van der Waals surface area contributed by atoms with E-state index < -0.39 is 0 Å². The molecule has 1 amide bonds. The first-order valence-corrected chi connectivity index (χ1v) is 10.0. The van der Waals surface area contributed by atoms with E-state index in [0.29, 0.717) is 37.6 Å². The molecule has 146 valence electrons. The maximum atomic E-state index is 12.8. The van der Waals surface area contributed by atoms with Crippen molar-refractivity contribution in [3.63, 3.8) is 0 Å². The lowest BCUT2D eigenvalue weighted by molar-refractivity contribution is 0.0746. The second kappa shape index (κ2) is 8.83. The van der Waals surface area contributed by atoms with Gasteiger partial charge in [0, 0.05) is 31.7 Å². The van der Waals surface area contributed by atoms with Crippen molar-refractivity contribution in [3.05, 3.63) is 52.2 Å². The molecule has 0 radical (unpaired) electrons. The first-order chi connectivity index (χ1) is 13.6. The fraction of sp³-hybridized carbons (Fsp3) is 0.455. The Kier molecular flexibility index (Phi) is 6.25. The Morgan fingerprint density at radius 3 is 2.21 bits per heavy atom. The number of carbonyl (C=O) groups excluding carboxylic acids is 1. The Hall–Kier alpha value is -2.94. The third-order valence-corrected chi connectivity index (χ3v) is 5.41. The largest absolute Gasteiger partial charge is 0.350 e. The van der Waals surface area contributed by atoms with Crippen LogP contribution in [0.15, 0.2) is 24.3 Å². The first kappa shape index (κ1) is 19.8. The van der Waals surface area contributed by atoms with Gasteiger partial charge in [-0.2, -0.15) is 10.4 Å². The van der Waals surface area contributed by atoms with Gasteiger partial charge in [-0.05, 0) is 42.5 Å². The van der Waals surface area contributed by atoms with E-state index in [2.05, 4.69) is 28.1 Å². The van der Waals surface area contributed by atoms with Gasteiger partial charge in [0.05, 0.1) is 5.69 Å². The van der Waals surface area contributed by atoms with Crippen LogP contribution in [-0.2, 0) is 19.3 Å². The van der Waals surface area contributed by atoms with Gasteiger partial charge in [0.25, 0.3) is 5.91 Å². The van der Waals surface area contributed by atoms with E-state index in [-0.39, 0.29) is 5.91 Å². The molecule has 0 bridgehead atoms. The summed E-state index contributed by atoms with van der Waals surface area (Å²) in [6, 6.07) is 10.2. The molecule has 0 spiro atoms. The van der Waals surface area contributed by atoms with E-state index in [0.717, 1.165) is 36.1 Å². The molecular formula is C22H27N5O. The topological polar surface area (TPSA) is 73.1 Å². The molecule has 0 atom stereocenters. The minimum absolute atomic E-state index is 0.0597. The molecule has 0 aliphatic carbocycles. The number of nitrogens with zero attached hydrogens (tertiary/aromatic N) is 5. The zero-order valence-electron chi connectivity index (χ0n) is 16.9. The van der Waals surface area contributed by atoms with Gasteiger partial charge in [0.15, 0.2) is 5.82 Å². The summed E-state index contributed by atoms with van der Waals surface area (Å²) in [6.07, 6.45) is 2.50. The fourth-order valence-corrected chi connectivity index (χ4v) is 3.69. The number of aryl methyl sites for hydroxylation is 2.